The fourth-order valence-electron chi connectivity index (χ4n) is 5.55. The highest BCUT2D eigenvalue weighted by atomic mass is 32.1. The van der Waals surface area contributed by atoms with E-state index in [2.05, 4.69) is 58.7 Å². The number of thiophene rings is 1. The molecule has 4 heteroatoms. The Balaban J connectivity index is 1.32. The molecule has 4 fully saturated rings. The first-order chi connectivity index (χ1) is 13.7. The number of hydrogen-bond donors (Lipinski definition) is 1. The van der Waals surface area contributed by atoms with Gasteiger partial charge in [0.05, 0.1) is 10.9 Å². The number of nitrogens with zero attached hydrogens (tertiary/aromatic N) is 1. The second-order valence-electron chi connectivity index (χ2n) is 8.58. The van der Waals surface area contributed by atoms with Gasteiger partial charge in [-0.05, 0) is 67.3 Å². The van der Waals surface area contributed by atoms with E-state index in [4.69, 9.17) is 0 Å². The number of fused-ring (bicyclic) bond motifs is 3. The molecule has 1 aliphatic carbocycles. The Bertz CT molecular complexity index is 1040. The van der Waals surface area contributed by atoms with E-state index in [-0.39, 0.29) is 11.4 Å². The number of amides is 1. The zero-order chi connectivity index (χ0) is 18.7. The lowest BCUT2D eigenvalue weighted by molar-refractivity contribution is -0.00138. The van der Waals surface area contributed by atoms with Gasteiger partial charge in [-0.25, -0.2) is 0 Å². The van der Waals surface area contributed by atoms with Crippen molar-refractivity contribution in [2.75, 3.05) is 13.1 Å². The number of carbonyl (C=O) groups excluding carboxylic acids is 1. The van der Waals surface area contributed by atoms with E-state index in [1.165, 1.54) is 54.6 Å². The van der Waals surface area contributed by atoms with Crippen LogP contribution >= 0.6 is 11.3 Å². The van der Waals surface area contributed by atoms with E-state index >= 15 is 0 Å². The first-order valence-corrected chi connectivity index (χ1v) is 11.2. The molecule has 3 aromatic rings. The molecular weight excluding hydrogens is 364 g/mol. The fourth-order valence-corrected chi connectivity index (χ4v) is 6.65. The Morgan fingerprint density at radius 3 is 2.57 bits per heavy atom. The summed E-state index contributed by atoms with van der Waals surface area (Å²) in [5.74, 6) is 0.774. The van der Waals surface area contributed by atoms with Crippen molar-refractivity contribution < 1.29 is 4.79 Å². The second-order valence-corrected chi connectivity index (χ2v) is 9.63. The maximum Gasteiger partial charge on any atom is 0.261 e. The summed E-state index contributed by atoms with van der Waals surface area (Å²) in [5, 5.41) is 4.63. The minimum absolute atomic E-state index is 0.116. The third-order valence-electron chi connectivity index (χ3n) is 7.12. The summed E-state index contributed by atoms with van der Waals surface area (Å²) < 4.78 is 1.20. The van der Waals surface area contributed by atoms with Crippen LogP contribution in [0.4, 0.5) is 0 Å². The predicted octanol–water partition coefficient (Wildman–Crippen LogP) is 4.92. The molecule has 1 atom stereocenters. The molecule has 1 aromatic heterocycles. The predicted molar refractivity (Wildman–Crippen MR) is 115 cm³/mol. The molecule has 142 valence electrons. The molecule has 1 saturated carbocycles. The highest BCUT2D eigenvalue weighted by molar-refractivity contribution is 7.21. The van der Waals surface area contributed by atoms with E-state index in [0.717, 1.165) is 10.3 Å². The lowest BCUT2D eigenvalue weighted by Gasteiger charge is -2.52. The molecule has 7 rings (SSSR count). The Morgan fingerprint density at radius 1 is 1.04 bits per heavy atom. The molecule has 3 aliphatic heterocycles. The van der Waals surface area contributed by atoms with Crippen LogP contribution in [0.25, 0.3) is 21.2 Å². The largest absolute Gasteiger partial charge is 0.346 e. The Labute approximate surface area is 169 Å². The van der Waals surface area contributed by atoms with Crippen molar-refractivity contribution in [1.29, 1.82) is 0 Å². The zero-order valence-electron chi connectivity index (χ0n) is 15.9. The van der Waals surface area contributed by atoms with Gasteiger partial charge in [-0.3, -0.25) is 9.69 Å². The molecule has 1 N–H and O–H groups in total. The maximum absolute atomic E-state index is 13.2. The second kappa shape index (κ2) is 6.16. The first kappa shape index (κ1) is 16.8. The van der Waals surface area contributed by atoms with Crippen LogP contribution in [0.15, 0.2) is 54.6 Å². The third-order valence-corrected chi connectivity index (χ3v) is 8.30. The molecule has 0 radical (unpaired) electrons. The van der Waals surface area contributed by atoms with Crippen LogP contribution < -0.4 is 5.32 Å². The van der Waals surface area contributed by atoms with E-state index < -0.39 is 0 Å². The molecule has 1 spiro atoms. The van der Waals surface area contributed by atoms with Crippen molar-refractivity contribution in [3.63, 3.8) is 0 Å². The third kappa shape index (κ3) is 2.48. The van der Waals surface area contributed by atoms with Gasteiger partial charge in [-0.15, -0.1) is 11.3 Å². The van der Waals surface area contributed by atoms with E-state index in [1.807, 2.05) is 6.07 Å². The number of carbonyl (C=O) groups is 1. The Hall–Kier alpha value is -2.17. The van der Waals surface area contributed by atoms with E-state index in [0.29, 0.717) is 12.0 Å². The lowest BCUT2D eigenvalue weighted by Crippen LogP contribution is -2.65. The van der Waals surface area contributed by atoms with Crippen LogP contribution in [0.2, 0.25) is 0 Å². The summed E-state index contributed by atoms with van der Waals surface area (Å²) in [6.45, 7) is 2.45. The molecule has 3 saturated heterocycles. The number of benzene rings is 2. The minimum Gasteiger partial charge on any atom is -0.346 e. The maximum atomic E-state index is 13.2. The van der Waals surface area contributed by atoms with Crippen LogP contribution in [0, 0.1) is 5.92 Å². The quantitative estimate of drug-likeness (QED) is 0.690. The average molecular weight is 389 g/mol. The van der Waals surface area contributed by atoms with E-state index in [1.54, 1.807) is 11.3 Å². The number of nitrogens with one attached hydrogen (secondary N) is 1. The van der Waals surface area contributed by atoms with Gasteiger partial charge in [0.2, 0.25) is 0 Å². The highest BCUT2D eigenvalue weighted by Crippen LogP contribution is 2.53. The van der Waals surface area contributed by atoms with Crippen LogP contribution in [-0.4, -0.2) is 35.5 Å². The van der Waals surface area contributed by atoms with Gasteiger partial charge >= 0.3 is 0 Å². The van der Waals surface area contributed by atoms with Crippen molar-refractivity contribution in [3.8, 4) is 11.1 Å². The van der Waals surface area contributed by atoms with Crippen LogP contribution in [0.3, 0.4) is 0 Å². The van der Waals surface area contributed by atoms with Crippen molar-refractivity contribution in [2.45, 2.75) is 37.3 Å². The van der Waals surface area contributed by atoms with Gasteiger partial charge < -0.3 is 5.32 Å². The monoisotopic (exact) mass is 388 g/mol. The molecule has 4 heterocycles. The molecule has 28 heavy (non-hydrogen) atoms. The normalized spacial score (nSPS) is 27.2. The van der Waals surface area contributed by atoms with Gasteiger partial charge in [0.25, 0.3) is 5.91 Å². The fraction of sp³-hybridized carbons (Fsp3) is 0.375. The first-order valence-electron chi connectivity index (χ1n) is 10.4. The van der Waals surface area contributed by atoms with Gasteiger partial charge in [0.15, 0.2) is 0 Å². The summed E-state index contributed by atoms with van der Waals surface area (Å²) in [6.07, 6.45) is 4.96. The minimum atomic E-state index is 0.116. The molecule has 2 aromatic carbocycles. The Morgan fingerprint density at radius 2 is 1.82 bits per heavy atom. The number of piperidine rings is 3. The van der Waals surface area contributed by atoms with E-state index in [9.17, 15) is 4.79 Å². The summed E-state index contributed by atoms with van der Waals surface area (Å²) in [5.41, 5.74) is 2.70. The topological polar surface area (TPSA) is 32.3 Å². The summed E-state index contributed by atoms with van der Waals surface area (Å²) in [4.78, 5) is 16.7. The zero-order valence-corrected chi connectivity index (χ0v) is 16.7. The molecule has 3 nitrogen and oxygen atoms in total. The molecule has 2 bridgehead atoms. The summed E-state index contributed by atoms with van der Waals surface area (Å²) >= 11 is 1.63. The Kier molecular flexibility index (Phi) is 3.69. The van der Waals surface area contributed by atoms with Crippen LogP contribution in [0.1, 0.15) is 35.4 Å². The van der Waals surface area contributed by atoms with Gasteiger partial charge in [0, 0.05) is 10.2 Å². The van der Waals surface area contributed by atoms with Crippen molar-refractivity contribution in [1.82, 2.24) is 10.2 Å². The summed E-state index contributed by atoms with van der Waals surface area (Å²) in [6, 6.07) is 19.2. The van der Waals surface area contributed by atoms with Gasteiger partial charge in [-0.1, -0.05) is 48.5 Å². The standard InChI is InChI=1S/C24H24N2OS/c27-23(25-22-17-9-13-26(14-10-17)24(22)11-12-24)20-15-18-7-4-8-19(21(18)28-20)16-5-2-1-3-6-16/h1-8,15,17,22H,9-14H2,(H,25,27)/t22-/m1/s1. The van der Waals surface area contributed by atoms with Crippen LogP contribution in [-0.2, 0) is 0 Å². The van der Waals surface area contributed by atoms with Crippen molar-refractivity contribution in [3.05, 3.63) is 59.5 Å². The van der Waals surface area contributed by atoms with Crippen molar-refractivity contribution >= 4 is 27.3 Å². The average Bonchev–Trinajstić information content (AvgIpc) is 3.39. The molecule has 0 unspecified atom stereocenters. The van der Waals surface area contributed by atoms with Crippen LogP contribution in [0.5, 0.6) is 0 Å². The summed E-state index contributed by atoms with van der Waals surface area (Å²) in [7, 11) is 0. The smallest absolute Gasteiger partial charge is 0.261 e. The van der Waals surface area contributed by atoms with Crippen molar-refractivity contribution in [2.24, 2.45) is 5.92 Å². The number of hydrogen-bond acceptors (Lipinski definition) is 3. The highest BCUT2D eigenvalue weighted by Gasteiger charge is 2.60. The SMILES string of the molecule is O=C(N[C@@H]1C2CCN(CC2)C12CC2)c1cc2cccc(-c3ccccc3)c2s1. The molecular formula is C24H24N2OS. The van der Waals surface area contributed by atoms with Gasteiger partial charge in [0.1, 0.15) is 0 Å². The number of rotatable bonds is 3. The molecule has 4 aliphatic rings. The lowest BCUT2D eigenvalue weighted by atomic mass is 9.77. The molecule has 1 amide bonds. The van der Waals surface area contributed by atoms with Gasteiger partial charge in [-0.2, -0.15) is 0 Å².